The second-order valence-electron chi connectivity index (χ2n) is 4.55. The van der Waals surface area contributed by atoms with Gasteiger partial charge in [0.2, 0.25) is 0 Å². The highest BCUT2D eigenvalue weighted by Gasteiger charge is 2.23. The molecule has 0 aliphatic rings. The monoisotopic (exact) mass is 280 g/mol. The van der Waals surface area contributed by atoms with Gasteiger partial charge in [-0.2, -0.15) is 5.26 Å². The second kappa shape index (κ2) is 7.11. The zero-order valence-electron chi connectivity index (χ0n) is 11.8. The molecule has 0 radical (unpaired) electrons. The van der Waals surface area contributed by atoms with Gasteiger partial charge in [-0.25, -0.2) is 4.79 Å². The van der Waals surface area contributed by atoms with Crippen molar-refractivity contribution in [2.45, 2.75) is 19.6 Å². The Balaban J connectivity index is 2.11. The fraction of sp³-hybridized carbons (Fsp3) is 0.176. The smallest absolute Gasteiger partial charge is 0.415 e. The van der Waals surface area contributed by atoms with Crippen molar-refractivity contribution >= 4 is 11.8 Å². The number of rotatable bonds is 4. The highest BCUT2D eigenvalue weighted by atomic mass is 16.6. The summed E-state index contributed by atoms with van der Waals surface area (Å²) in [4.78, 5) is 13.6. The molecule has 2 aromatic rings. The largest absolute Gasteiger partial charge is 0.444 e. The van der Waals surface area contributed by atoms with E-state index in [1.807, 2.05) is 48.5 Å². The van der Waals surface area contributed by atoms with Gasteiger partial charge in [0.25, 0.3) is 0 Å². The number of para-hydroxylation sites is 1. The molecule has 0 aliphatic carbocycles. The first-order chi connectivity index (χ1) is 10.2. The molecule has 1 unspecified atom stereocenters. The Hall–Kier alpha value is -2.80. The van der Waals surface area contributed by atoms with Crippen molar-refractivity contribution in [3.05, 3.63) is 66.2 Å². The Bertz CT molecular complexity index is 620. The molecule has 0 saturated heterocycles. The predicted molar refractivity (Wildman–Crippen MR) is 80.6 cm³/mol. The number of nitriles is 1. The van der Waals surface area contributed by atoms with Crippen LogP contribution in [0.2, 0.25) is 0 Å². The molecule has 4 heteroatoms. The number of hydrogen-bond acceptors (Lipinski definition) is 3. The maximum Gasteiger partial charge on any atom is 0.415 e. The van der Waals surface area contributed by atoms with Crippen LogP contribution in [-0.2, 0) is 11.3 Å². The number of ether oxygens (including phenoxy) is 1. The van der Waals surface area contributed by atoms with Crippen LogP contribution in [0.3, 0.4) is 0 Å². The summed E-state index contributed by atoms with van der Waals surface area (Å²) >= 11 is 0. The van der Waals surface area contributed by atoms with Crippen LogP contribution < -0.4 is 4.90 Å². The lowest BCUT2D eigenvalue weighted by Crippen LogP contribution is -2.38. The minimum absolute atomic E-state index is 0.182. The zero-order valence-corrected chi connectivity index (χ0v) is 11.8. The third-order valence-electron chi connectivity index (χ3n) is 3.01. The van der Waals surface area contributed by atoms with Gasteiger partial charge in [-0.3, -0.25) is 4.90 Å². The maximum absolute atomic E-state index is 12.3. The van der Waals surface area contributed by atoms with Gasteiger partial charge in [-0.05, 0) is 24.6 Å². The quantitative estimate of drug-likeness (QED) is 0.857. The average Bonchev–Trinajstić information content (AvgIpc) is 2.55. The molecule has 1 atom stereocenters. The molecule has 0 spiro atoms. The number of nitrogens with zero attached hydrogens (tertiary/aromatic N) is 2. The predicted octanol–water partition coefficient (Wildman–Crippen LogP) is 3.74. The van der Waals surface area contributed by atoms with E-state index >= 15 is 0 Å². The van der Waals surface area contributed by atoms with Crippen LogP contribution in [0, 0.1) is 11.3 Å². The van der Waals surface area contributed by atoms with E-state index in [1.54, 1.807) is 19.1 Å². The Labute approximate surface area is 124 Å². The van der Waals surface area contributed by atoms with Gasteiger partial charge in [0.15, 0.2) is 0 Å². The van der Waals surface area contributed by atoms with E-state index < -0.39 is 12.1 Å². The van der Waals surface area contributed by atoms with Gasteiger partial charge in [0.05, 0.1) is 6.07 Å². The fourth-order valence-electron chi connectivity index (χ4n) is 1.92. The second-order valence-corrected chi connectivity index (χ2v) is 4.55. The van der Waals surface area contributed by atoms with Crippen molar-refractivity contribution in [2.75, 3.05) is 4.90 Å². The van der Waals surface area contributed by atoms with Crippen molar-refractivity contribution in [3.8, 4) is 6.07 Å². The van der Waals surface area contributed by atoms with E-state index in [2.05, 4.69) is 6.07 Å². The normalized spacial score (nSPS) is 11.2. The van der Waals surface area contributed by atoms with Gasteiger partial charge in [0, 0.05) is 5.69 Å². The highest BCUT2D eigenvalue weighted by molar-refractivity contribution is 5.88. The third-order valence-corrected chi connectivity index (χ3v) is 3.01. The molecule has 2 rings (SSSR count). The Morgan fingerprint density at radius 1 is 1.14 bits per heavy atom. The van der Waals surface area contributed by atoms with Crippen molar-refractivity contribution in [3.63, 3.8) is 0 Å². The first-order valence-corrected chi connectivity index (χ1v) is 6.67. The van der Waals surface area contributed by atoms with Crippen LogP contribution in [-0.4, -0.2) is 12.1 Å². The van der Waals surface area contributed by atoms with Gasteiger partial charge in [0.1, 0.15) is 12.6 Å². The van der Waals surface area contributed by atoms with E-state index in [0.29, 0.717) is 5.69 Å². The molecule has 0 aromatic heterocycles. The van der Waals surface area contributed by atoms with E-state index in [9.17, 15) is 4.79 Å². The SMILES string of the molecule is CC(C#N)N(C(=O)OCc1ccccc1)c1ccccc1. The summed E-state index contributed by atoms with van der Waals surface area (Å²) in [6, 6.07) is 19.9. The molecule has 0 aliphatic heterocycles. The molecule has 0 heterocycles. The van der Waals surface area contributed by atoms with Gasteiger partial charge >= 0.3 is 6.09 Å². The minimum atomic E-state index is -0.601. The van der Waals surface area contributed by atoms with Crippen LogP contribution >= 0.6 is 0 Å². The van der Waals surface area contributed by atoms with Crippen LogP contribution in [0.4, 0.5) is 10.5 Å². The molecule has 1 amide bonds. The fourth-order valence-corrected chi connectivity index (χ4v) is 1.92. The van der Waals surface area contributed by atoms with Crippen LogP contribution in [0.5, 0.6) is 0 Å². The molecule has 0 bridgehead atoms. The standard InChI is InChI=1S/C17H16N2O2/c1-14(12-18)19(16-10-6-3-7-11-16)17(20)21-13-15-8-4-2-5-9-15/h2-11,14H,13H2,1H3. The average molecular weight is 280 g/mol. The van der Waals surface area contributed by atoms with E-state index in [0.717, 1.165) is 5.56 Å². The molecule has 2 aromatic carbocycles. The summed E-state index contributed by atoms with van der Waals surface area (Å²) < 4.78 is 5.30. The molecular weight excluding hydrogens is 264 g/mol. The van der Waals surface area contributed by atoms with Crippen molar-refractivity contribution in [1.82, 2.24) is 0 Å². The summed E-state index contributed by atoms with van der Waals surface area (Å²) in [6.45, 7) is 1.85. The van der Waals surface area contributed by atoms with Crippen LogP contribution in [0.15, 0.2) is 60.7 Å². The maximum atomic E-state index is 12.3. The molecular formula is C17H16N2O2. The summed E-state index contributed by atoms with van der Waals surface area (Å²) in [6.07, 6.45) is -0.529. The van der Waals surface area contributed by atoms with E-state index in [4.69, 9.17) is 10.00 Å². The number of carbonyl (C=O) groups excluding carboxylic acids is 1. The number of anilines is 1. The van der Waals surface area contributed by atoms with Crippen molar-refractivity contribution < 1.29 is 9.53 Å². The lowest BCUT2D eigenvalue weighted by atomic mass is 10.2. The summed E-state index contributed by atoms with van der Waals surface area (Å²) in [5.74, 6) is 0. The lowest BCUT2D eigenvalue weighted by molar-refractivity contribution is 0.146. The summed E-state index contributed by atoms with van der Waals surface area (Å²) in [5.41, 5.74) is 1.55. The lowest BCUT2D eigenvalue weighted by Gasteiger charge is -2.24. The summed E-state index contributed by atoms with van der Waals surface area (Å²) in [5, 5.41) is 9.10. The molecule has 0 saturated carbocycles. The van der Waals surface area contributed by atoms with Gasteiger partial charge < -0.3 is 4.74 Å². The van der Waals surface area contributed by atoms with Crippen molar-refractivity contribution in [1.29, 1.82) is 5.26 Å². The van der Waals surface area contributed by atoms with E-state index in [-0.39, 0.29) is 6.61 Å². The first kappa shape index (κ1) is 14.6. The number of hydrogen-bond donors (Lipinski definition) is 0. The third kappa shape index (κ3) is 3.83. The molecule has 0 fully saturated rings. The zero-order chi connectivity index (χ0) is 15.1. The Morgan fingerprint density at radius 3 is 2.29 bits per heavy atom. The van der Waals surface area contributed by atoms with Gasteiger partial charge in [-0.15, -0.1) is 0 Å². The molecule has 21 heavy (non-hydrogen) atoms. The van der Waals surface area contributed by atoms with Crippen molar-refractivity contribution in [2.24, 2.45) is 0 Å². The van der Waals surface area contributed by atoms with Crippen LogP contribution in [0.25, 0.3) is 0 Å². The number of amides is 1. The highest BCUT2D eigenvalue weighted by Crippen LogP contribution is 2.18. The van der Waals surface area contributed by atoms with E-state index in [1.165, 1.54) is 4.90 Å². The first-order valence-electron chi connectivity index (χ1n) is 6.67. The minimum Gasteiger partial charge on any atom is -0.444 e. The Kier molecular flexibility index (Phi) is 4.94. The summed E-state index contributed by atoms with van der Waals surface area (Å²) in [7, 11) is 0. The molecule has 4 nitrogen and oxygen atoms in total. The Morgan fingerprint density at radius 2 is 1.71 bits per heavy atom. The van der Waals surface area contributed by atoms with Gasteiger partial charge in [-0.1, -0.05) is 48.5 Å². The topological polar surface area (TPSA) is 53.3 Å². The van der Waals surface area contributed by atoms with Crippen LogP contribution in [0.1, 0.15) is 12.5 Å². The number of benzene rings is 2. The molecule has 0 N–H and O–H groups in total. The number of carbonyl (C=O) groups is 1. The molecule has 106 valence electrons.